The minimum Gasteiger partial charge on any atom is -0.342 e. The number of benzene rings is 3. The monoisotopic (exact) mass is 567 g/mol. The number of aryl methyl sites for hydroxylation is 1. The van der Waals surface area contributed by atoms with E-state index >= 15 is 0 Å². The van der Waals surface area contributed by atoms with Crippen LogP contribution < -0.4 is 0 Å². The van der Waals surface area contributed by atoms with Gasteiger partial charge in [-0.25, -0.2) is 9.37 Å². The molecule has 1 saturated heterocycles. The van der Waals surface area contributed by atoms with Crippen molar-refractivity contribution in [2.75, 3.05) is 13.1 Å². The van der Waals surface area contributed by atoms with E-state index in [1.54, 1.807) is 12.1 Å². The third-order valence-corrected chi connectivity index (χ3v) is 9.28. The first-order valence-corrected chi connectivity index (χ1v) is 15.2. The van der Waals surface area contributed by atoms with Crippen molar-refractivity contribution in [3.63, 3.8) is 0 Å². The molecule has 1 atom stereocenters. The van der Waals surface area contributed by atoms with Gasteiger partial charge < -0.3 is 9.47 Å². The van der Waals surface area contributed by atoms with E-state index in [0.717, 1.165) is 48.8 Å². The van der Waals surface area contributed by atoms with Crippen molar-refractivity contribution in [3.05, 3.63) is 95.3 Å². The number of carbonyl (C=O) groups is 1. The van der Waals surface area contributed by atoms with Crippen LogP contribution in [0.3, 0.4) is 0 Å². The molecule has 1 aliphatic rings. The summed E-state index contributed by atoms with van der Waals surface area (Å²) in [5.41, 5.74) is 5.31. The van der Waals surface area contributed by atoms with Crippen LogP contribution in [0.5, 0.6) is 0 Å². The van der Waals surface area contributed by atoms with Crippen molar-refractivity contribution in [1.82, 2.24) is 24.6 Å². The number of aromatic nitrogens is 4. The fourth-order valence-corrected chi connectivity index (χ4v) is 6.70. The molecule has 1 aliphatic heterocycles. The number of halogens is 1. The van der Waals surface area contributed by atoms with Gasteiger partial charge in [-0.2, -0.15) is 0 Å². The zero-order valence-electron chi connectivity index (χ0n) is 23.5. The largest absolute Gasteiger partial charge is 0.342 e. The van der Waals surface area contributed by atoms with E-state index in [4.69, 9.17) is 4.98 Å². The summed E-state index contributed by atoms with van der Waals surface area (Å²) in [6, 6.07) is 23.5. The van der Waals surface area contributed by atoms with E-state index in [2.05, 4.69) is 40.5 Å². The average Bonchev–Trinajstić information content (AvgIpc) is 3.29. The van der Waals surface area contributed by atoms with Crippen LogP contribution in [0.2, 0.25) is 0 Å². The molecule has 3 heterocycles. The first-order valence-electron chi connectivity index (χ1n) is 14.4. The Balaban J connectivity index is 1.22. The molecule has 6 rings (SSSR count). The van der Waals surface area contributed by atoms with Crippen LogP contribution in [-0.4, -0.2) is 48.9 Å². The van der Waals surface area contributed by atoms with Crippen LogP contribution in [0.4, 0.5) is 4.39 Å². The Hall–Kier alpha value is -3.78. The summed E-state index contributed by atoms with van der Waals surface area (Å²) in [6.45, 7) is 5.95. The van der Waals surface area contributed by atoms with Crippen LogP contribution in [0.15, 0.2) is 78.0 Å². The third-order valence-electron chi connectivity index (χ3n) is 8.08. The zero-order chi connectivity index (χ0) is 28.3. The second-order valence-electron chi connectivity index (χ2n) is 10.9. The highest BCUT2D eigenvalue weighted by Gasteiger charge is 2.29. The third kappa shape index (κ3) is 5.84. The Morgan fingerprint density at radius 2 is 1.78 bits per heavy atom. The summed E-state index contributed by atoms with van der Waals surface area (Å²) in [6.07, 6.45) is 3.77. The Labute approximate surface area is 244 Å². The maximum absolute atomic E-state index is 14.6. The van der Waals surface area contributed by atoms with E-state index in [1.807, 2.05) is 47.6 Å². The molecule has 3 aromatic carbocycles. The molecule has 1 amide bonds. The van der Waals surface area contributed by atoms with Crippen molar-refractivity contribution in [2.45, 2.75) is 56.5 Å². The Morgan fingerprint density at radius 3 is 2.54 bits per heavy atom. The molecule has 0 saturated carbocycles. The fraction of sp³-hybridized carbons (Fsp3) is 0.333. The highest BCUT2D eigenvalue weighted by Crippen LogP contribution is 2.32. The SMILES string of the molecule is CCC(Sc1nnc2c3cc(C)ccc3n(Cc3ccccc3F)c2n1)C(=O)N1CCC(Cc2ccccc2)CC1. The van der Waals surface area contributed by atoms with Gasteiger partial charge in [-0.05, 0) is 62.3 Å². The van der Waals surface area contributed by atoms with Crippen molar-refractivity contribution in [3.8, 4) is 0 Å². The summed E-state index contributed by atoms with van der Waals surface area (Å²) in [5.74, 6) is 0.487. The fourth-order valence-electron chi connectivity index (χ4n) is 5.81. The Morgan fingerprint density at radius 1 is 1.02 bits per heavy atom. The molecule has 1 fully saturated rings. The maximum atomic E-state index is 14.6. The van der Waals surface area contributed by atoms with Gasteiger partial charge in [0.25, 0.3) is 0 Å². The van der Waals surface area contributed by atoms with Crippen LogP contribution in [0.25, 0.3) is 22.1 Å². The number of likely N-dealkylation sites (tertiary alicyclic amines) is 1. The minimum absolute atomic E-state index is 0.141. The zero-order valence-corrected chi connectivity index (χ0v) is 24.3. The van der Waals surface area contributed by atoms with Crippen molar-refractivity contribution >= 4 is 39.7 Å². The van der Waals surface area contributed by atoms with Gasteiger partial charge in [0, 0.05) is 24.0 Å². The molecule has 41 heavy (non-hydrogen) atoms. The highest BCUT2D eigenvalue weighted by molar-refractivity contribution is 8.00. The summed E-state index contributed by atoms with van der Waals surface area (Å²) in [4.78, 5) is 20.5. The first-order chi connectivity index (χ1) is 20.0. The van der Waals surface area contributed by atoms with E-state index in [0.29, 0.717) is 40.8 Å². The molecule has 5 aromatic rings. The second kappa shape index (κ2) is 12.0. The second-order valence-corrected chi connectivity index (χ2v) is 12.1. The van der Waals surface area contributed by atoms with E-state index < -0.39 is 0 Å². The Bertz CT molecular complexity index is 1680. The number of piperidine rings is 1. The van der Waals surface area contributed by atoms with Crippen LogP contribution in [0, 0.1) is 18.7 Å². The molecule has 0 aliphatic carbocycles. The van der Waals surface area contributed by atoms with Crippen molar-refractivity contribution < 1.29 is 9.18 Å². The average molecular weight is 568 g/mol. The number of thioether (sulfide) groups is 1. The van der Waals surface area contributed by atoms with E-state index in [1.165, 1.54) is 23.4 Å². The topological polar surface area (TPSA) is 63.9 Å². The lowest BCUT2D eigenvalue weighted by molar-refractivity contribution is -0.132. The molecule has 0 bridgehead atoms. The molecule has 2 aromatic heterocycles. The maximum Gasteiger partial charge on any atom is 0.236 e. The molecule has 1 unspecified atom stereocenters. The van der Waals surface area contributed by atoms with Crippen LogP contribution >= 0.6 is 11.8 Å². The van der Waals surface area contributed by atoms with Crippen molar-refractivity contribution in [2.24, 2.45) is 5.92 Å². The molecule has 6 nitrogen and oxygen atoms in total. The minimum atomic E-state index is -0.286. The van der Waals surface area contributed by atoms with Gasteiger partial charge in [-0.15, -0.1) is 10.2 Å². The van der Waals surface area contributed by atoms with Gasteiger partial charge in [0.2, 0.25) is 11.1 Å². The van der Waals surface area contributed by atoms with E-state index in [9.17, 15) is 9.18 Å². The number of nitrogens with zero attached hydrogens (tertiary/aromatic N) is 5. The van der Waals surface area contributed by atoms with Gasteiger partial charge >= 0.3 is 0 Å². The summed E-state index contributed by atoms with van der Waals surface area (Å²) < 4.78 is 16.6. The van der Waals surface area contributed by atoms with Gasteiger partial charge in [0.05, 0.1) is 17.3 Å². The van der Waals surface area contributed by atoms with E-state index in [-0.39, 0.29) is 17.0 Å². The number of hydrogen-bond acceptors (Lipinski definition) is 5. The first kappa shape index (κ1) is 27.4. The number of rotatable bonds is 8. The van der Waals surface area contributed by atoms with Crippen molar-refractivity contribution in [1.29, 1.82) is 0 Å². The molecule has 0 N–H and O–H groups in total. The molecular formula is C33H34FN5OS. The summed E-state index contributed by atoms with van der Waals surface area (Å²) >= 11 is 1.38. The summed E-state index contributed by atoms with van der Waals surface area (Å²) in [5, 5.41) is 10.1. The lowest BCUT2D eigenvalue weighted by Gasteiger charge is -2.34. The van der Waals surface area contributed by atoms with Crippen LogP contribution in [0.1, 0.15) is 42.9 Å². The van der Waals surface area contributed by atoms with Gasteiger partial charge in [0.1, 0.15) is 11.3 Å². The Kier molecular flexibility index (Phi) is 8.01. The quantitative estimate of drug-likeness (QED) is 0.192. The lowest BCUT2D eigenvalue weighted by atomic mass is 9.90. The lowest BCUT2D eigenvalue weighted by Crippen LogP contribution is -2.43. The number of hydrogen-bond donors (Lipinski definition) is 0. The van der Waals surface area contributed by atoms with Gasteiger partial charge in [0.15, 0.2) is 5.65 Å². The molecule has 8 heteroatoms. The molecule has 0 spiro atoms. The normalized spacial score (nSPS) is 15.0. The molecular weight excluding hydrogens is 533 g/mol. The predicted octanol–water partition coefficient (Wildman–Crippen LogP) is 6.83. The molecule has 0 radical (unpaired) electrons. The number of fused-ring (bicyclic) bond motifs is 3. The van der Waals surface area contributed by atoms with Gasteiger partial charge in [-0.1, -0.05) is 78.8 Å². The van der Waals surface area contributed by atoms with Crippen LogP contribution in [-0.2, 0) is 17.8 Å². The summed E-state index contributed by atoms with van der Waals surface area (Å²) in [7, 11) is 0. The van der Waals surface area contributed by atoms with Gasteiger partial charge in [-0.3, -0.25) is 4.79 Å². The highest BCUT2D eigenvalue weighted by atomic mass is 32.2. The standard InChI is InChI=1S/C33H34FN5OS/c1-3-29(32(40)38-17-15-24(16-18-38)20-23-9-5-4-6-10-23)41-33-35-31-30(36-37-33)26-19-22(2)13-14-28(26)39(31)21-25-11-7-8-12-27(25)34/h4-14,19,24,29H,3,15-18,20-21H2,1-2H3. The smallest absolute Gasteiger partial charge is 0.236 e. The predicted molar refractivity (Wildman–Crippen MR) is 162 cm³/mol. The number of amides is 1. The number of carbonyl (C=O) groups excluding carboxylic acids is 1. The molecule has 210 valence electrons.